The van der Waals surface area contributed by atoms with E-state index in [2.05, 4.69) is 26.1 Å². The molecule has 108 valence electrons. The van der Waals surface area contributed by atoms with Gasteiger partial charge in [0.05, 0.1) is 10.6 Å². The molecule has 1 aromatic heterocycles. The number of hydrogen-bond donors (Lipinski definition) is 0. The third-order valence-corrected chi connectivity index (χ3v) is 4.10. The Morgan fingerprint density at radius 3 is 2.55 bits per heavy atom. The Kier molecular flexibility index (Phi) is 6.91. The molecule has 4 nitrogen and oxygen atoms in total. The monoisotopic (exact) mass is 419 g/mol. The number of ketones is 1. The summed E-state index contributed by atoms with van der Waals surface area (Å²) in [5.74, 6) is 1.79. The fraction of sp³-hybridized carbons (Fsp3) is 0.308. The molecule has 20 heavy (non-hydrogen) atoms. The average molecular weight is 421 g/mol. The van der Waals surface area contributed by atoms with E-state index in [-0.39, 0.29) is 27.6 Å². The van der Waals surface area contributed by atoms with Gasteiger partial charge in [-0.2, -0.15) is 0 Å². The summed E-state index contributed by atoms with van der Waals surface area (Å²) >= 11 is 4.96. The van der Waals surface area contributed by atoms with E-state index in [0.29, 0.717) is 0 Å². The molecule has 7 heteroatoms. The molecule has 0 saturated heterocycles. The number of thioether (sulfide) groups is 1. The van der Waals surface area contributed by atoms with Gasteiger partial charge in [-0.3, -0.25) is 4.79 Å². The highest BCUT2D eigenvalue weighted by Gasteiger charge is 2.11. The quantitative estimate of drug-likeness (QED) is 0.420. The normalized spacial score (nSPS) is 11.8. The Labute approximate surface area is 141 Å². The molecule has 0 aliphatic rings. The zero-order valence-electron chi connectivity index (χ0n) is 11.1. The molecule has 1 atom stereocenters. The van der Waals surface area contributed by atoms with Crippen LogP contribution in [0.4, 0.5) is 0 Å². The first-order valence-electron chi connectivity index (χ1n) is 5.82. The van der Waals surface area contributed by atoms with Crippen molar-refractivity contribution in [3.05, 3.63) is 42.0 Å². The van der Waals surface area contributed by atoms with Gasteiger partial charge in [-0.15, -0.1) is 38.9 Å². The lowest BCUT2D eigenvalue weighted by molar-refractivity contribution is 0.0996. The highest BCUT2D eigenvalue weighted by molar-refractivity contribution is 9.10. The average Bonchev–Trinajstić information content (AvgIpc) is 2.81. The number of nitrogens with zero attached hydrogens (tertiary/aromatic N) is 3. The number of aryl methyl sites for hydroxylation is 1. The standard InChI is InChI=1S/C13H14BrN3OS.BrH/c1-9(14)13(18)10-3-5-11(6-4-10)19-7-12-16-15-8-17(12)2;/h3-6,8-9H,7H2,1-2H3;1H. The summed E-state index contributed by atoms with van der Waals surface area (Å²) in [4.78, 5) is 12.7. The van der Waals surface area contributed by atoms with E-state index in [4.69, 9.17) is 0 Å². The number of Topliss-reactive ketones (excluding diaryl/α,β-unsaturated/α-hetero) is 1. The Morgan fingerprint density at radius 2 is 2.05 bits per heavy atom. The zero-order chi connectivity index (χ0) is 13.8. The second-order valence-corrected chi connectivity index (χ2v) is 6.57. The summed E-state index contributed by atoms with van der Waals surface area (Å²) in [5, 5.41) is 7.87. The van der Waals surface area contributed by atoms with Gasteiger partial charge in [-0.1, -0.05) is 28.1 Å². The van der Waals surface area contributed by atoms with Crippen molar-refractivity contribution in [2.75, 3.05) is 0 Å². The van der Waals surface area contributed by atoms with Gasteiger partial charge >= 0.3 is 0 Å². The number of halogens is 2. The molecule has 1 heterocycles. The highest BCUT2D eigenvalue weighted by Crippen LogP contribution is 2.22. The Hall–Kier alpha value is -0.660. The van der Waals surface area contributed by atoms with Crippen LogP contribution in [0, 0.1) is 0 Å². The van der Waals surface area contributed by atoms with Gasteiger partial charge in [-0.25, -0.2) is 0 Å². The molecule has 1 unspecified atom stereocenters. The van der Waals surface area contributed by atoms with Crippen molar-refractivity contribution in [2.45, 2.75) is 22.4 Å². The Morgan fingerprint density at radius 1 is 1.40 bits per heavy atom. The van der Waals surface area contributed by atoms with Gasteiger partial charge in [-0.05, 0) is 19.1 Å². The van der Waals surface area contributed by atoms with Crippen LogP contribution in [-0.4, -0.2) is 25.4 Å². The van der Waals surface area contributed by atoms with E-state index in [1.807, 2.05) is 42.8 Å². The molecule has 0 fully saturated rings. The lowest BCUT2D eigenvalue weighted by Crippen LogP contribution is -2.09. The number of carbonyl (C=O) groups excluding carboxylic acids is 1. The Bertz CT molecular complexity index is 569. The largest absolute Gasteiger partial charge is 0.320 e. The van der Waals surface area contributed by atoms with E-state index in [9.17, 15) is 4.79 Å². The second kappa shape index (κ2) is 7.95. The summed E-state index contributed by atoms with van der Waals surface area (Å²) in [5.41, 5.74) is 0.729. The number of benzene rings is 1. The highest BCUT2D eigenvalue weighted by atomic mass is 79.9. The fourth-order valence-electron chi connectivity index (χ4n) is 1.53. The van der Waals surface area contributed by atoms with Crippen LogP contribution in [0.3, 0.4) is 0 Å². The molecule has 0 amide bonds. The molecule has 0 spiro atoms. The van der Waals surface area contributed by atoms with Crippen LogP contribution in [-0.2, 0) is 12.8 Å². The maximum atomic E-state index is 11.8. The van der Waals surface area contributed by atoms with Gasteiger partial charge in [0.15, 0.2) is 5.78 Å². The molecule has 0 N–H and O–H groups in total. The third kappa shape index (κ3) is 4.43. The van der Waals surface area contributed by atoms with Crippen molar-refractivity contribution < 1.29 is 4.79 Å². The molecule has 0 bridgehead atoms. The minimum Gasteiger partial charge on any atom is -0.320 e. The first kappa shape index (κ1) is 17.4. The molecule has 0 saturated carbocycles. The summed E-state index contributed by atoms with van der Waals surface area (Å²) in [7, 11) is 1.93. The number of rotatable bonds is 5. The topological polar surface area (TPSA) is 47.8 Å². The van der Waals surface area contributed by atoms with Crippen LogP contribution in [0.1, 0.15) is 23.1 Å². The van der Waals surface area contributed by atoms with Crippen molar-refractivity contribution in [3.8, 4) is 0 Å². The van der Waals surface area contributed by atoms with Crippen molar-refractivity contribution in [1.82, 2.24) is 14.8 Å². The lowest BCUT2D eigenvalue weighted by atomic mass is 10.1. The van der Waals surface area contributed by atoms with Crippen molar-refractivity contribution in [1.29, 1.82) is 0 Å². The maximum Gasteiger partial charge on any atom is 0.176 e. The van der Waals surface area contributed by atoms with Gasteiger partial charge in [0, 0.05) is 17.5 Å². The predicted octanol–water partition coefficient (Wildman–Crippen LogP) is 3.65. The van der Waals surface area contributed by atoms with Crippen molar-refractivity contribution in [2.24, 2.45) is 7.05 Å². The summed E-state index contributed by atoms with van der Waals surface area (Å²) < 4.78 is 1.90. The van der Waals surface area contributed by atoms with Crippen molar-refractivity contribution >= 4 is 50.5 Å². The first-order chi connectivity index (χ1) is 9.08. The van der Waals surface area contributed by atoms with E-state index < -0.39 is 0 Å². The van der Waals surface area contributed by atoms with Crippen LogP contribution in [0.2, 0.25) is 0 Å². The second-order valence-electron chi connectivity index (χ2n) is 4.15. The zero-order valence-corrected chi connectivity index (χ0v) is 15.2. The fourth-order valence-corrected chi connectivity index (χ4v) is 2.68. The van der Waals surface area contributed by atoms with Gasteiger partial charge in [0.1, 0.15) is 12.2 Å². The predicted molar refractivity (Wildman–Crippen MR) is 90.0 cm³/mol. The molecule has 0 aliphatic heterocycles. The van der Waals surface area contributed by atoms with Crippen LogP contribution < -0.4 is 0 Å². The molecular formula is C13H15Br2N3OS. The molecule has 1 aromatic carbocycles. The van der Waals surface area contributed by atoms with Crippen LogP contribution in [0.15, 0.2) is 35.5 Å². The van der Waals surface area contributed by atoms with Gasteiger partial charge in [0.2, 0.25) is 0 Å². The SMILES string of the molecule is Br.CC(Br)C(=O)c1ccc(SCc2nncn2C)cc1. The van der Waals surface area contributed by atoms with E-state index in [0.717, 1.165) is 22.0 Å². The number of hydrogen-bond acceptors (Lipinski definition) is 4. The van der Waals surface area contributed by atoms with Gasteiger partial charge < -0.3 is 4.57 Å². The van der Waals surface area contributed by atoms with Gasteiger partial charge in [0.25, 0.3) is 0 Å². The number of carbonyl (C=O) groups is 1. The van der Waals surface area contributed by atoms with E-state index >= 15 is 0 Å². The third-order valence-electron chi connectivity index (χ3n) is 2.67. The number of alkyl halides is 1. The van der Waals surface area contributed by atoms with E-state index in [1.165, 1.54) is 0 Å². The summed E-state index contributed by atoms with van der Waals surface area (Å²) in [6.45, 7) is 1.83. The molecule has 0 aliphatic carbocycles. The molecule has 2 aromatic rings. The molecule has 2 rings (SSSR count). The molecule has 0 radical (unpaired) electrons. The lowest BCUT2D eigenvalue weighted by Gasteiger charge is -2.05. The smallest absolute Gasteiger partial charge is 0.176 e. The minimum absolute atomic E-state index is 0. The Balaban J connectivity index is 0.00000200. The summed E-state index contributed by atoms with van der Waals surface area (Å²) in [6, 6.07) is 7.64. The first-order valence-corrected chi connectivity index (χ1v) is 7.72. The minimum atomic E-state index is -0.148. The van der Waals surface area contributed by atoms with Crippen LogP contribution in [0.5, 0.6) is 0 Å². The van der Waals surface area contributed by atoms with Crippen LogP contribution in [0.25, 0.3) is 0 Å². The maximum absolute atomic E-state index is 11.8. The summed E-state index contributed by atoms with van der Waals surface area (Å²) in [6.07, 6.45) is 1.69. The number of aromatic nitrogens is 3. The van der Waals surface area contributed by atoms with E-state index in [1.54, 1.807) is 18.1 Å². The van der Waals surface area contributed by atoms with Crippen molar-refractivity contribution in [3.63, 3.8) is 0 Å². The molecular weight excluding hydrogens is 406 g/mol. The van der Waals surface area contributed by atoms with Crippen LogP contribution >= 0.6 is 44.7 Å².